The van der Waals surface area contributed by atoms with Crippen LogP contribution < -0.4 is 10.1 Å². The van der Waals surface area contributed by atoms with E-state index in [4.69, 9.17) is 10.00 Å². The molecule has 152 valence electrons. The van der Waals surface area contributed by atoms with Gasteiger partial charge in [0.2, 0.25) is 0 Å². The Bertz CT molecular complexity index is 873. The molecule has 0 aliphatic heterocycles. The van der Waals surface area contributed by atoms with Gasteiger partial charge in [0.25, 0.3) is 11.6 Å². The average Bonchev–Trinajstić information content (AvgIpc) is 2.73. The van der Waals surface area contributed by atoms with Crippen LogP contribution >= 0.6 is 0 Å². The molecule has 0 spiro atoms. The number of hydrogen-bond acceptors (Lipinski definition) is 5. The summed E-state index contributed by atoms with van der Waals surface area (Å²) in [5.74, 6) is 0.208. The molecule has 2 rings (SSSR count). The van der Waals surface area contributed by atoms with Crippen LogP contribution in [0.2, 0.25) is 0 Å². The van der Waals surface area contributed by atoms with Gasteiger partial charge in [0.05, 0.1) is 23.2 Å². The minimum Gasteiger partial charge on any atom is -0.494 e. The molecule has 7 heteroatoms. The first-order chi connectivity index (χ1) is 14.0. The minimum atomic E-state index is -0.629. The summed E-state index contributed by atoms with van der Waals surface area (Å²) < 4.78 is 5.69. The van der Waals surface area contributed by atoms with Gasteiger partial charge in [-0.1, -0.05) is 39.0 Å². The minimum absolute atomic E-state index is 0.0439. The topological polar surface area (TPSA) is 105 Å². The summed E-state index contributed by atoms with van der Waals surface area (Å²) in [5, 5.41) is 22.6. The summed E-state index contributed by atoms with van der Waals surface area (Å²) in [6, 6.07) is 12.4. The molecule has 7 nitrogen and oxygen atoms in total. The van der Waals surface area contributed by atoms with Crippen molar-refractivity contribution in [2.24, 2.45) is 0 Å². The smallest absolute Gasteiger partial charge is 0.294 e. The summed E-state index contributed by atoms with van der Waals surface area (Å²) in [6.45, 7) is 2.83. The van der Waals surface area contributed by atoms with Gasteiger partial charge in [-0.05, 0) is 42.8 Å². The molecule has 0 fully saturated rings. The number of carbonyl (C=O) groups is 1. The number of hydrogen-bond donors (Lipinski definition) is 1. The molecule has 29 heavy (non-hydrogen) atoms. The SMILES string of the molecule is CCCCCCCCOc1ccc(C(=O)Nc2ccc(C#N)cc2[N+](=O)[O-])cc1. The van der Waals surface area contributed by atoms with E-state index in [1.165, 1.54) is 37.8 Å². The molecule has 0 atom stereocenters. The molecule has 0 saturated heterocycles. The third-order valence-electron chi connectivity index (χ3n) is 4.45. The molecule has 0 unspecified atom stereocenters. The monoisotopic (exact) mass is 395 g/mol. The van der Waals surface area contributed by atoms with Gasteiger partial charge < -0.3 is 10.1 Å². The lowest BCUT2D eigenvalue weighted by Gasteiger charge is -2.08. The third-order valence-corrected chi connectivity index (χ3v) is 4.45. The van der Waals surface area contributed by atoms with Gasteiger partial charge in [-0.3, -0.25) is 14.9 Å². The van der Waals surface area contributed by atoms with E-state index >= 15 is 0 Å². The van der Waals surface area contributed by atoms with Crippen molar-refractivity contribution in [3.05, 3.63) is 63.7 Å². The predicted molar refractivity (Wildman–Crippen MR) is 111 cm³/mol. The predicted octanol–water partition coefficient (Wildman–Crippen LogP) is 5.46. The van der Waals surface area contributed by atoms with Crippen LogP contribution in [0.5, 0.6) is 5.75 Å². The Balaban J connectivity index is 1.89. The van der Waals surface area contributed by atoms with Crippen molar-refractivity contribution >= 4 is 17.3 Å². The normalized spacial score (nSPS) is 10.2. The van der Waals surface area contributed by atoms with Gasteiger partial charge in [0, 0.05) is 11.6 Å². The Morgan fingerprint density at radius 3 is 2.45 bits per heavy atom. The molecular weight excluding hydrogens is 370 g/mol. The molecule has 0 aliphatic rings. The van der Waals surface area contributed by atoms with Crippen molar-refractivity contribution in [2.75, 3.05) is 11.9 Å². The zero-order valence-corrected chi connectivity index (χ0v) is 16.5. The fourth-order valence-electron chi connectivity index (χ4n) is 2.83. The third kappa shape index (κ3) is 6.92. The number of rotatable bonds is 11. The number of anilines is 1. The molecule has 0 radical (unpaired) electrons. The standard InChI is InChI=1S/C22H25N3O4/c1-2-3-4-5-6-7-14-29-19-11-9-18(10-12-19)22(26)24-20-13-8-17(16-23)15-21(20)25(27)28/h8-13,15H,2-7,14H2,1H3,(H,24,26). The maximum absolute atomic E-state index is 12.4. The highest BCUT2D eigenvalue weighted by atomic mass is 16.6. The number of nitro groups is 1. The molecule has 2 aromatic carbocycles. The number of amides is 1. The highest BCUT2D eigenvalue weighted by molar-refractivity contribution is 6.05. The van der Waals surface area contributed by atoms with Crippen molar-refractivity contribution in [3.8, 4) is 11.8 Å². The van der Waals surface area contributed by atoms with Gasteiger partial charge in [-0.15, -0.1) is 0 Å². The van der Waals surface area contributed by atoms with Crippen molar-refractivity contribution in [1.82, 2.24) is 0 Å². The average molecular weight is 395 g/mol. The molecular formula is C22H25N3O4. The van der Waals surface area contributed by atoms with E-state index in [9.17, 15) is 14.9 Å². The lowest BCUT2D eigenvalue weighted by Crippen LogP contribution is -2.13. The molecule has 0 aliphatic carbocycles. The van der Waals surface area contributed by atoms with E-state index in [1.54, 1.807) is 24.3 Å². The number of unbranched alkanes of at least 4 members (excludes halogenated alkanes) is 5. The molecule has 1 N–H and O–H groups in total. The van der Waals surface area contributed by atoms with E-state index in [2.05, 4.69) is 12.2 Å². The summed E-state index contributed by atoms with van der Waals surface area (Å²) >= 11 is 0. The van der Waals surface area contributed by atoms with Gasteiger partial charge in [-0.2, -0.15) is 5.26 Å². The van der Waals surface area contributed by atoms with Gasteiger partial charge in [0.15, 0.2) is 0 Å². The first-order valence-corrected chi connectivity index (χ1v) is 9.78. The molecule has 0 saturated carbocycles. The second kappa shape index (κ2) is 11.4. The molecule has 1 amide bonds. The van der Waals surface area contributed by atoms with Gasteiger partial charge in [-0.25, -0.2) is 0 Å². The zero-order chi connectivity index (χ0) is 21.1. The summed E-state index contributed by atoms with van der Waals surface area (Å²) in [7, 11) is 0. The second-order valence-electron chi connectivity index (χ2n) is 6.70. The number of nitrogens with zero attached hydrogens (tertiary/aromatic N) is 2. The van der Waals surface area contributed by atoms with Crippen LogP contribution in [0, 0.1) is 21.4 Å². The summed E-state index contributed by atoms with van der Waals surface area (Å²) in [6.07, 6.45) is 7.12. The summed E-state index contributed by atoms with van der Waals surface area (Å²) in [5.41, 5.74) is 0.232. The van der Waals surface area contributed by atoms with Crippen LogP contribution in [-0.4, -0.2) is 17.4 Å². The highest BCUT2D eigenvalue weighted by Gasteiger charge is 2.17. The Kier molecular flexibility index (Phi) is 8.64. The number of nitro benzene ring substituents is 1. The Labute approximate surface area is 170 Å². The van der Waals surface area contributed by atoms with Crippen LogP contribution in [0.4, 0.5) is 11.4 Å². The number of nitriles is 1. The van der Waals surface area contributed by atoms with Crippen LogP contribution in [0.15, 0.2) is 42.5 Å². The number of carbonyl (C=O) groups excluding carboxylic acids is 1. The zero-order valence-electron chi connectivity index (χ0n) is 16.5. The Morgan fingerprint density at radius 2 is 1.79 bits per heavy atom. The molecule has 2 aromatic rings. The summed E-state index contributed by atoms with van der Waals surface area (Å²) in [4.78, 5) is 23.0. The highest BCUT2D eigenvalue weighted by Crippen LogP contribution is 2.26. The maximum atomic E-state index is 12.4. The number of nitrogens with one attached hydrogen (secondary N) is 1. The molecule has 0 aromatic heterocycles. The van der Waals surface area contributed by atoms with Crippen molar-refractivity contribution in [3.63, 3.8) is 0 Å². The largest absolute Gasteiger partial charge is 0.494 e. The Hall–Kier alpha value is -3.40. The van der Waals surface area contributed by atoms with Crippen molar-refractivity contribution < 1.29 is 14.5 Å². The van der Waals surface area contributed by atoms with Crippen LogP contribution in [0.25, 0.3) is 0 Å². The van der Waals surface area contributed by atoms with E-state index in [0.29, 0.717) is 17.9 Å². The Morgan fingerprint density at radius 1 is 1.10 bits per heavy atom. The first kappa shape index (κ1) is 21.9. The van der Waals surface area contributed by atoms with Gasteiger partial charge in [0.1, 0.15) is 11.4 Å². The molecule has 0 heterocycles. The molecule has 0 bridgehead atoms. The van der Waals surface area contributed by atoms with E-state index in [0.717, 1.165) is 18.9 Å². The van der Waals surface area contributed by atoms with E-state index < -0.39 is 10.8 Å². The second-order valence-corrected chi connectivity index (χ2v) is 6.70. The maximum Gasteiger partial charge on any atom is 0.294 e. The number of ether oxygens (including phenoxy) is 1. The van der Waals surface area contributed by atoms with Crippen LogP contribution in [0.1, 0.15) is 61.4 Å². The quantitative estimate of drug-likeness (QED) is 0.309. The fourth-order valence-corrected chi connectivity index (χ4v) is 2.83. The van der Waals surface area contributed by atoms with E-state index in [1.807, 2.05) is 6.07 Å². The lowest BCUT2D eigenvalue weighted by molar-refractivity contribution is -0.383. The van der Waals surface area contributed by atoms with Crippen LogP contribution in [-0.2, 0) is 0 Å². The lowest BCUT2D eigenvalue weighted by atomic mass is 10.1. The van der Waals surface area contributed by atoms with E-state index in [-0.39, 0.29) is 16.9 Å². The van der Waals surface area contributed by atoms with Crippen LogP contribution in [0.3, 0.4) is 0 Å². The van der Waals surface area contributed by atoms with Crippen molar-refractivity contribution in [2.45, 2.75) is 45.4 Å². The van der Waals surface area contributed by atoms with Gasteiger partial charge >= 0.3 is 0 Å². The number of benzene rings is 2. The fraction of sp³-hybridized carbons (Fsp3) is 0.364. The van der Waals surface area contributed by atoms with Crippen molar-refractivity contribution in [1.29, 1.82) is 5.26 Å². The first-order valence-electron chi connectivity index (χ1n) is 9.78.